The number of carbonyl (C=O) groups is 2. The molecule has 4 rings (SSSR count). The fourth-order valence-electron chi connectivity index (χ4n) is 5.25. The smallest absolute Gasteiger partial charge is 0.325 e. The summed E-state index contributed by atoms with van der Waals surface area (Å²) in [6, 6.07) is 5.40. The molecule has 226 valence electrons. The molecule has 1 saturated heterocycles. The highest BCUT2D eigenvalue weighted by atomic mass is 19.1. The summed E-state index contributed by atoms with van der Waals surface area (Å²) in [6.07, 6.45) is 5.41. The predicted octanol–water partition coefficient (Wildman–Crippen LogP) is 4.45. The summed E-state index contributed by atoms with van der Waals surface area (Å²) in [5.41, 5.74) is 3.31. The largest absolute Gasteiger partial charge is 0.496 e. The normalized spacial score (nSPS) is 17.2. The number of likely N-dealkylation sites (tertiary alicyclic amines) is 1. The van der Waals surface area contributed by atoms with Crippen LogP contribution in [0.1, 0.15) is 68.0 Å². The number of nitrogens with one attached hydrogen (secondary N) is 1. The van der Waals surface area contributed by atoms with Crippen molar-refractivity contribution < 1.29 is 38.4 Å². The number of anilines is 1. The van der Waals surface area contributed by atoms with Crippen LogP contribution in [-0.4, -0.2) is 78.1 Å². The second kappa shape index (κ2) is 16.2. The molecular formula is C30H42FN3O7. The maximum absolute atomic E-state index is 14.1. The molecule has 0 radical (unpaired) electrons. The van der Waals surface area contributed by atoms with Gasteiger partial charge in [0.2, 0.25) is 0 Å². The van der Waals surface area contributed by atoms with Gasteiger partial charge in [0, 0.05) is 43.6 Å². The van der Waals surface area contributed by atoms with Crippen LogP contribution in [0, 0.1) is 5.82 Å². The van der Waals surface area contributed by atoms with Crippen molar-refractivity contribution in [3.05, 3.63) is 52.5 Å². The molecule has 0 amide bonds. The molecule has 2 aromatic rings. The van der Waals surface area contributed by atoms with E-state index in [1.807, 2.05) is 24.8 Å². The lowest BCUT2D eigenvalue weighted by Crippen LogP contribution is -2.34. The number of pyridine rings is 1. The Hall–Kier alpha value is -3.28. The van der Waals surface area contributed by atoms with E-state index in [0.29, 0.717) is 30.8 Å². The highest BCUT2D eigenvalue weighted by Gasteiger charge is 2.35. The third-order valence-electron chi connectivity index (χ3n) is 7.18. The SMILES string of the molecule is COc1cc(CCCCO[C@@H]2CCN(C(C(=O)O)c3cc(F)ccc3COC(C)C)C2)nc2c1CCCN2.O=CO. The Bertz CT molecular complexity index is 1130. The van der Waals surface area contributed by atoms with Crippen molar-refractivity contribution >= 4 is 18.3 Å². The first-order valence-corrected chi connectivity index (χ1v) is 14.1. The van der Waals surface area contributed by atoms with E-state index in [1.54, 1.807) is 13.2 Å². The topological polar surface area (TPSA) is 130 Å². The fraction of sp³-hybridized carbons (Fsp3) is 0.567. The van der Waals surface area contributed by atoms with Crippen LogP contribution in [0.15, 0.2) is 24.3 Å². The Kier molecular flexibility index (Phi) is 12.8. The van der Waals surface area contributed by atoms with E-state index in [-0.39, 0.29) is 25.3 Å². The number of hydrogen-bond donors (Lipinski definition) is 3. The van der Waals surface area contributed by atoms with E-state index >= 15 is 0 Å². The molecule has 1 fully saturated rings. The summed E-state index contributed by atoms with van der Waals surface area (Å²) in [6.45, 7) is 6.43. The van der Waals surface area contributed by atoms with Crippen molar-refractivity contribution in [2.45, 2.75) is 77.2 Å². The Labute approximate surface area is 240 Å². The number of carboxylic acid groups (broad SMARTS) is 2. The number of methoxy groups -OCH3 is 1. The zero-order chi connectivity index (χ0) is 29.8. The molecule has 1 aromatic heterocycles. The number of halogens is 1. The highest BCUT2D eigenvalue weighted by molar-refractivity contribution is 5.76. The lowest BCUT2D eigenvalue weighted by molar-refractivity contribution is -0.143. The van der Waals surface area contributed by atoms with Crippen LogP contribution < -0.4 is 10.1 Å². The minimum atomic E-state index is -0.996. The molecule has 1 unspecified atom stereocenters. The van der Waals surface area contributed by atoms with Gasteiger partial charge >= 0.3 is 5.97 Å². The van der Waals surface area contributed by atoms with Crippen LogP contribution in [-0.2, 0) is 38.5 Å². The maximum atomic E-state index is 14.1. The van der Waals surface area contributed by atoms with Gasteiger partial charge in [-0.3, -0.25) is 14.5 Å². The number of rotatable bonds is 13. The first-order valence-electron chi connectivity index (χ1n) is 14.1. The van der Waals surface area contributed by atoms with Gasteiger partial charge in [0.25, 0.3) is 6.47 Å². The fourth-order valence-corrected chi connectivity index (χ4v) is 5.25. The summed E-state index contributed by atoms with van der Waals surface area (Å²) < 4.78 is 31.5. The number of benzene rings is 1. The summed E-state index contributed by atoms with van der Waals surface area (Å²) >= 11 is 0. The van der Waals surface area contributed by atoms with E-state index in [0.717, 1.165) is 67.9 Å². The van der Waals surface area contributed by atoms with Crippen LogP contribution >= 0.6 is 0 Å². The second-order valence-electron chi connectivity index (χ2n) is 10.5. The Morgan fingerprint density at radius 1 is 1.29 bits per heavy atom. The lowest BCUT2D eigenvalue weighted by Gasteiger charge is -2.26. The number of ether oxygens (including phenoxy) is 3. The number of hydrogen-bond acceptors (Lipinski definition) is 8. The third kappa shape index (κ3) is 9.37. The quantitative estimate of drug-likeness (QED) is 0.233. The molecular weight excluding hydrogens is 533 g/mol. The van der Waals surface area contributed by atoms with Crippen LogP contribution in [0.5, 0.6) is 5.75 Å². The number of unbranched alkanes of at least 4 members (excludes halogenated alkanes) is 1. The molecule has 3 N–H and O–H groups in total. The van der Waals surface area contributed by atoms with Crippen molar-refractivity contribution in [3.63, 3.8) is 0 Å². The number of aliphatic carboxylic acids is 1. The van der Waals surface area contributed by atoms with E-state index in [1.165, 1.54) is 12.1 Å². The Morgan fingerprint density at radius 3 is 2.78 bits per heavy atom. The maximum Gasteiger partial charge on any atom is 0.325 e. The summed E-state index contributed by atoms with van der Waals surface area (Å²) in [5, 5.41) is 20.3. The van der Waals surface area contributed by atoms with E-state index in [2.05, 4.69) is 5.32 Å². The molecule has 2 aliphatic heterocycles. The Balaban J connectivity index is 0.00000147. The first kappa shape index (κ1) is 32.2. The molecule has 1 aromatic carbocycles. The van der Waals surface area contributed by atoms with Gasteiger partial charge in [-0.2, -0.15) is 0 Å². The Morgan fingerprint density at radius 2 is 2.07 bits per heavy atom. The van der Waals surface area contributed by atoms with E-state index < -0.39 is 17.8 Å². The molecule has 41 heavy (non-hydrogen) atoms. The predicted molar refractivity (Wildman–Crippen MR) is 152 cm³/mol. The monoisotopic (exact) mass is 575 g/mol. The molecule has 2 aliphatic rings. The van der Waals surface area contributed by atoms with Crippen molar-refractivity contribution in [1.82, 2.24) is 9.88 Å². The second-order valence-corrected chi connectivity index (χ2v) is 10.5. The molecule has 3 heterocycles. The summed E-state index contributed by atoms with van der Waals surface area (Å²) in [5.74, 6) is 0.403. The van der Waals surface area contributed by atoms with Crippen molar-refractivity contribution in [3.8, 4) is 5.75 Å². The van der Waals surface area contributed by atoms with E-state index in [4.69, 9.17) is 29.1 Å². The van der Waals surface area contributed by atoms with Crippen LogP contribution in [0.3, 0.4) is 0 Å². The number of nitrogens with zero attached hydrogens (tertiary/aromatic N) is 2. The standard InChI is InChI=1S/C29H40FN3O5.CH2O2/c1-19(2)38-18-20-9-10-21(30)15-25(20)27(29(34)35)33-13-11-23(17-33)37-14-5-4-7-22-16-26(36-3)24-8-6-12-31-28(24)32-22;2-1-3/h9-10,15-16,19,23,27H,4-8,11-14,17-18H2,1-3H3,(H,31,32)(H,34,35);1H,(H,2,3)/t23-,27?;/m1./s1. The molecule has 0 bridgehead atoms. The highest BCUT2D eigenvalue weighted by Crippen LogP contribution is 2.32. The zero-order valence-electron chi connectivity index (χ0n) is 24.1. The lowest BCUT2D eigenvalue weighted by atomic mass is 9.99. The van der Waals surface area contributed by atoms with Gasteiger partial charge in [-0.1, -0.05) is 6.07 Å². The van der Waals surface area contributed by atoms with Crippen molar-refractivity contribution in [2.75, 3.05) is 38.7 Å². The van der Waals surface area contributed by atoms with Gasteiger partial charge < -0.3 is 29.7 Å². The molecule has 11 heteroatoms. The average Bonchev–Trinajstić information content (AvgIpc) is 3.40. The minimum absolute atomic E-state index is 0.0116. The van der Waals surface area contributed by atoms with Crippen LogP contribution in [0.2, 0.25) is 0 Å². The molecule has 2 atom stereocenters. The minimum Gasteiger partial charge on any atom is -0.496 e. The van der Waals surface area contributed by atoms with Gasteiger partial charge in [0.1, 0.15) is 23.4 Å². The molecule has 10 nitrogen and oxygen atoms in total. The zero-order valence-corrected chi connectivity index (χ0v) is 24.1. The van der Waals surface area contributed by atoms with Crippen LogP contribution in [0.4, 0.5) is 10.2 Å². The van der Waals surface area contributed by atoms with E-state index in [9.17, 15) is 14.3 Å². The molecule has 0 aliphatic carbocycles. The first-order chi connectivity index (χ1) is 19.8. The van der Waals surface area contributed by atoms with Gasteiger partial charge in [0.15, 0.2) is 0 Å². The number of aryl methyl sites for hydroxylation is 1. The van der Waals surface area contributed by atoms with Gasteiger partial charge in [0.05, 0.1) is 25.9 Å². The number of fused-ring (bicyclic) bond motifs is 1. The average molecular weight is 576 g/mol. The number of aromatic nitrogens is 1. The molecule has 0 spiro atoms. The van der Waals surface area contributed by atoms with Crippen molar-refractivity contribution in [2.24, 2.45) is 0 Å². The van der Waals surface area contributed by atoms with Gasteiger partial charge in [-0.25, -0.2) is 9.37 Å². The van der Waals surface area contributed by atoms with Crippen molar-refractivity contribution in [1.29, 1.82) is 0 Å². The van der Waals surface area contributed by atoms with Gasteiger partial charge in [-0.05, 0) is 75.6 Å². The molecule has 0 saturated carbocycles. The summed E-state index contributed by atoms with van der Waals surface area (Å²) in [4.78, 5) is 27.3. The third-order valence-corrected chi connectivity index (χ3v) is 7.18. The summed E-state index contributed by atoms with van der Waals surface area (Å²) in [7, 11) is 1.70. The van der Waals surface area contributed by atoms with Crippen LogP contribution in [0.25, 0.3) is 0 Å². The number of carboxylic acids is 1. The van der Waals surface area contributed by atoms with Gasteiger partial charge in [-0.15, -0.1) is 0 Å².